The lowest BCUT2D eigenvalue weighted by Crippen LogP contribution is -2.31. The number of aromatic nitrogens is 3. The maximum atomic E-state index is 11.3. The van der Waals surface area contributed by atoms with Crippen LogP contribution in [-0.2, 0) is 16.6 Å². The smallest absolute Gasteiger partial charge is 0.336 e. The molecule has 0 spiro atoms. The number of nitrogens with zero attached hydrogens (tertiary/aromatic N) is 1. The molecule has 1 saturated carbocycles. The van der Waals surface area contributed by atoms with Crippen molar-refractivity contribution in [3.05, 3.63) is 42.1 Å². The number of nitrogens with one attached hydrogen (secondary N) is 4. The van der Waals surface area contributed by atoms with Gasteiger partial charge in [0.1, 0.15) is 0 Å². The topological polar surface area (TPSA) is 84.0 Å². The molecule has 0 bridgehead atoms. The summed E-state index contributed by atoms with van der Waals surface area (Å²) >= 11 is 0. The zero-order chi connectivity index (χ0) is 17.2. The van der Waals surface area contributed by atoms with E-state index in [1.165, 1.54) is 19.3 Å². The molecule has 130 valence electrons. The number of hydrogen-bond donors (Lipinski definition) is 3. The quantitative estimate of drug-likeness (QED) is 0.634. The summed E-state index contributed by atoms with van der Waals surface area (Å²) in [6.07, 6.45) is 7.34. The second-order valence-electron chi connectivity index (χ2n) is 6.51. The summed E-state index contributed by atoms with van der Waals surface area (Å²) in [4.78, 5) is 11.1. The van der Waals surface area contributed by atoms with Crippen LogP contribution in [0.1, 0.15) is 24.8 Å². The van der Waals surface area contributed by atoms with Gasteiger partial charge in [0.15, 0.2) is 0 Å². The Hall–Kier alpha value is -2.41. The fraction of sp³-hybridized carbons (Fsp3) is 0.333. The fourth-order valence-corrected chi connectivity index (χ4v) is 3.63. The van der Waals surface area contributed by atoms with Crippen molar-refractivity contribution in [3.8, 4) is 0 Å². The van der Waals surface area contributed by atoms with E-state index in [4.69, 9.17) is 0 Å². The minimum atomic E-state index is -0.828. The Bertz CT molecular complexity index is 901. The molecule has 1 aromatic carbocycles. The molecule has 0 amide bonds. The largest absolute Gasteiger partial charge is 0.351 e. The molecular formula is C18H22N5OS+. The van der Waals surface area contributed by atoms with Crippen LogP contribution in [0.25, 0.3) is 11.0 Å². The summed E-state index contributed by atoms with van der Waals surface area (Å²) in [6.45, 7) is 0. The molecule has 3 aromatic rings. The molecule has 25 heavy (non-hydrogen) atoms. The maximum absolute atomic E-state index is 11.3. The highest BCUT2D eigenvalue weighted by Gasteiger charge is 2.22. The first-order valence-electron chi connectivity index (χ1n) is 8.50. The van der Waals surface area contributed by atoms with Crippen LogP contribution in [-0.4, -0.2) is 26.5 Å². The van der Waals surface area contributed by atoms with Crippen LogP contribution in [0.15, 0.2) is 36.5 Å². The summed E-state index contributed by atoms with van der Waals surface area (Å²) in [7, 11) is -0.828. The predicted molar refractivity (Wildman–Crippen MR) is 101 cm³/mol. The maximum Gasteiger partial charge on any atom is 0.351 e. The molecule has 0 radical (unpaired) electrons. The lowest BCUT2D eigenvalue weighted by molar-refractivity contribution is -0.346. The van der Waals surface area contributed by atoms with Gasteiger partial charge in [-0.25, -0.2) is 4.98 Å². The van der Waals surface area contributed by atoms with E-state index in [2.05, 4.69) is 25.6 Å². The molecule has 6 nitrogen and oxygen atoms in total. The van der Waals surface area contributed by atoms with Gasteiger partial charge in [0.2, 0.25) is 11.5 Å². The van der Waals surface area contributed by atoms with E-state index in [1.807, 2.05) is 36.5 Å². The number of rotatable bonds is 6. The van der Waals surface area contributed by atoms with E-state index in [9.17, 15) is 4.21 Å². The number of H-pyrrole nitrogens is 2. The highest BCUT2D eigenvalue weighted by molar-refractivity contribution is 7.83. The zero-order valence-electron chi connectivity index (χ0n) is 14.1. The Morgan fingerprint density at radius 2 is 2.08 bits per heavy atom. The number of anilines is 3. The Kier molecular flexibility index (Phi) is 4.40. The normalized spacial score (nSPS) is 15.7. The van der Waals surface area contributed by atoms with E-state index in [0.717, 1.165) is 28.1 Å². The van der Waals surface area contributed by atoms with Gasteiger partial charge in [0.05, 0.1) is 17.1 Å². The summed E-state index contributed by atoms with van der Waals surface area (Å²) in [5, 5.41) is 7.96. The van der Waals surface area contributed by atoms with Crippen LogP contribution in [0.3, 0.4) is 0 Å². The third-order valence-electron chi connectivity index (χ3n) is 4.50. The van der Waals surface area contributed by atoms with Crippen LogP contribution in [0.5, 0.6) is 0 Å². The molecular weight excluding hydrogens is 334 g/mol. The van der Waals surface area contributed by atoms with Crippen LogP contribution < -0.4 is 15.6 Å². The second-order valence-corrected chi connectivity index (χ2v) is 7.95. The molecule has 1 fully saturated rings. The van der Waals surface area contributed by atoms with Crippen molar-refractivity contribution < 1.29 is 9.19 Å². The fourth-order valence-electron chi connectivity index (χ4n) is 2.97. The first-order valence-corrected chi connectivity index (χ1v) is 10.2. The average Bonchev–Trinajstić information content (AvgIpc) is 3.01. The first kappa shape index (κ1) is 16.1. The van der Waals surface area contributed by atoms with Gasteiger partial charge in [-0.15, -0.1) is 0 Å². The second kappa shape index (κ2) is 6.84. The van der Waals surface area contributed by atoms with Crippen molar-refractivity contribution >= 4 is 39.3 Å². The lowest BCUT2D eigenvalue weighted by atomic mass is 9.93. The van der Waals surface area contributed by atoms with Gasteiger partial charge in [-0.3, -0.25) is 9.53 Å². The van der Waals surface area contributed by atoms with Crippen molar-refractivity contribution in [2.75, 3.05) is 16.9 Å². The number of fused-ring (bicyclic) bond motifs is 1. The van der Waals surface area contributed by atoms with E-state index >= 15 is 0 Å². The van der Waals surface area contributed by atoms with Gasteiger partial charge in [0.25, 0.3) is 0 Å². The van der Waals surface area contributed by atoms with Gasteiger partial charge < -0.3 is 10.3 Å². The van der Waals surface area contributed by atoms with E-state index in [0.29, 0.717) is 17.7 Å². The van der Waals surface area contributed by atoms with Gasteiger partial charge in [0, 0.05) is 29.0 Å². The Labute approximate surface area is 148 Å². The Balaban J connectivity index is 1.57. The third-order valence-corrected chi connectivity index (χ3v) is 5.24. The highest BCUT2D eigenvalue weighted by Crippen LogP contribution is 2.26. The van der Waals surface area contributed by atoms with Crippen molar-refractivity contribution in [1.29, 1.82) is 0 Å². The molecule has 1 aliphatic carbocycles. The molecule has 2 heterocycles. The number of benzene rings is 1. The Morgan fingerprint density at radius 3 is 2.76 bits per heavy atom. The van der Waals surface area contributed by atoms with Gasteiger partial charge >= 0.3 is 5.95 Å². The molecule has 7 heteroatoms. The molecule has 1 unspecified atom stereocenters. The van der Waals surface area contributed by atoms with E-state index in [1.54, 1.807) is 6.26 Å². The van der Waals surface area contributed by atoms with Crippen LogP contribution >= 0.6 is 0 Å². The lowest BCUT2D eigenvalue weighted by Gasteiger charge is -2.24. The number of hydrogen-bond acceptors (Lipinski definition) is 4. The molecule has 4 N–H and O–H groups in total. The summed E-state index contributed by atoms with van der Waals surface area (Å²) in [5.41, 5.74) is 2.85. The summed E-state index contributed by atoms with van der Waals surface area (Å²) in [5.74, 6) is 2.26. The van der Waals surface area contributed by atoms with Gasteiger partial charge in [-0.05, 0) is 43.0 Å². The van der Waals surface area contributed by atoms with E-state index in [-0.39, 0.29) is 0 Å². The van der Waals surface area contributed by atoms with Crippen molar-refractivity contribution in [3.63, 3.8) is 0 Å². The predicted octanol–water partition coefficient (Wildman–Crippen LogP) is 2.96. The average molecular weight is 356 g/mol. The minimum Gasteiger partial charge on any atom is -0.336 e. The zero-order valence-corrected chi connectivity index (χ0v) is 15.0. The van der Waals surface area contributed by atoms with Gasteiger partial charge in [-0.1, -0.05) is 17.1 Å². The molecule has 0 saturated heterocycles. The summed E-state index contributed by atoms with van der Waals surface area (Å²) in [6, 6.07) is 10.5. The number of aromatic amines is 2. The van der Waals surface area contributed by atoms with Crippen LogP contribution in [0.2, 0.25) is 0 Å². The molecule has 4 rings (SSSR count). The first-order chi connectivity index (χ1) is 12.2. The monoisotopic (exact) mass is 356 g/mol. The SMILES string of the molecule is CS(=O)Cc1ccc(Nc2nc3[nH]ccc3c(NC3CCC3)[nH+]2)cc1. The van der Waals surface area contributed by atoms with Crippen LogP contribution in [0, 0.1) is 0 Å². The third kappa shape index (κ3) is 3.66. The molecule has 1 atom stereocenters. The van der Waals surface area contributed by atoms with Crippen molar-refractivity contribution in [2.45, 2.75) is 31.1 Å². The van der Waals surface area contributed by atoms with Gasteiger partial charge in [-0.2, -0.15) is 0 Å². The van der Waals surface area contributed by atoms with Crippen molar-refractivity contribution in [1.82, 2.24) is 9.97 Å². The van der Waals surface area contributed by atoms with E-state index < -0.39 is 10.8 Å². The van der Waals surface area contributed by atoms with Crippen LogP contribution in [0.4, 0.5) is 17.5 Å². The standard InChI is InChI=1S/C18H21N5OS/c1-25(24)11-12-5-7-14(8-6-12)21-18-22-16-15(9-10-19-16)17(23-18)20-13-3-2-4-13/h5-10,13H,2-4,11H2,1H3,(H3,19,20,21,22,23)/p+1. The molecule has 0 aliphatic heterocycles. The Morgan fingerprint density at radius 1 is 1.28 bits per heavy atom. The van der Waals surface area contributed by atoms with Crippen molar-refractivity contribution in [2.24, 2.45) is 0 Å². The summed E-state index contributed by atoms with van der Waals surface area (Å²) < 4.78 is 11.3. The minimum absolute atomic E-state index is 0.541. The highest BCUT2D eigenvalue weighted by atomic mass is 32.2. The molecule has 2 aromatic heterocycles. The molecule has 1 aliphatic rings.